The van der Waals surface area contributed by atoms with Crippen LogP contribution < -0.4 is 9.47 Å². The number of ether oxygens (including phenoxy) is 3. The first-order valence-corrected chi connectivity index (χ1v) is 11.7. The lowest BCUT2D eigenvalue weighted by Crippen LogP contribution is -2.38. The predicted octanol–water partition coefficient (Wildman–Crippen LogP) is 5.50. The van der Waals surface area contributed by atoms with Crippen LogP contribution in [0.4, 0.5) is 0 Å². The molecule has 0 aromatic heterocycles. The van der Waals surface area contributed by atoms with Crippen molar-refractivity contribution in [3.63, 3.8) is 0 Å². The van der Waals surface area contributed by atoms with Crippen molar-refractivity contribution >= 4 is 29.1 Å². The molecule has 0 saturated carbocycles. The third-order valence-electron chi connectivity index (χ3n) is 6.54. The average molecular weight is 482 g/mol. The lowest BCUT2D eigenvalue weighted by molar-refractivity contribution is -0.146. The highest BCUT2D eigenvalue weighted by molar-refractivity contribution is 6.30. The van der Waals surface area contributed by atoms with E-state index in [-0.39, 0.29) is 24.3 Å². The molecular weight excluding hydrogens is 454 g/mol. The molecule has 0 saturated heterocycles. The van der Waals surface area contributed by atoms with E-state index in [0.717, 1.165) is 16.8 Å². The summed E-state index contributed by atoms with van der Waals surface area (Å²) in [5, 5.41) is 0.656. The number of nitrogens with zero attached hydrogens (tertiary/aromatic N) is 1. The van der Waals surface area contributed by atoms with E-state index in [1.54, 1.807) is 27.2 Å². The zero-order valence-corrected chi connectivity index (χ0v) is 20.5. The van der Waals surface area contributed by atoms with Gasteiger partial charge in [0.15, 0.2) is 17.3 Å². The number of rotatable bonds is 6. The summed E-state index contributed by atoms with van der Waals surface area (Å²) in [6.07, 6.45) is 0.952. The van der Waals surface area contributed by atoms with Crippen molar-refractivity contribution in [3.05, 3.63) is 69.9 Å². The normalized spacial score (nSPS) is 22.1. The van der Waals surface area contributed by atoms with Crippen LogP contribution in [0.3, 0.4) is 0 Å². The van der Waals surface area contributed by atoms with Crippen molar-refractivity contribution in [1.82, 2.24) is 0 Å². The molecule has 2 aromatic rings. The maximum absolute atomic E-state index is 13.6. The molecule has 1 unspecified atom stereocenters. The van der Waals surface area contributed by atoms with E-state index in [1.807, 2.05) is 43.3 Å². The van der Waals surface area contributed by atoms with Gasteiger partial charge in [0.05, 0.1) is 20.8 Å². The molecule has 1 heterocycles. The largest absolute Gasteiger partial charge is 0.493 e. The molecule has 1 aliphatic heterocycles. The number of halogens is 1. The summed E-state index contributed by atoms with van der Waals surface area (Å²) in [5.41, 5.74) is 3.79. The van der Waals surface area contributed by atoms with Crippen LogP contribution in [-0.2, 0) is 14.3 Å². The molecule has 3 atom stereocenters. The van der Waals surface area contributed by atoms with Gasteiger partial charge in [0.2, 0.25) is 0 Å². The Morgan fingerprint density at radius 3 is 2.35 bits per heavy atom. The Bertz CT molecular complexity index is 1170. The molecular formula is C27H28ClNO5. The highest BCUT2D eigenvalue weighted by atomic mass is 35.5. The van der Waals surface area contributed by atoms with Crippen LogP contribution in [0, 0.1) is 5.92 Å². The van der Waals surface area contributed by atoms with Crippen LogP contribution in [0.1, 0.15) is 49.7 Å². The molecule has 0 bridgehead atoms. The molecule has 0 spiro atoms. The minimum absolute atomic E-state index is 0.00487. The molecule has 0 amide bonds. The van der Waals surface area contributed by atoms with E-state index in [9.17, 15) is 9.59 Å². The Hall–Kier alpha value is -3.12. The van der Waals surface area contributed by atoms with E-state index in [2.05, 4.69) is 0 Å². The van der Waals surface area contributed by atoms with Gasteiger partial charge in [-0.25, -0.2) is 0 Å². The fourth-order valence-corrected chi connectivity index (χ4v) is 5.10. The fraction of sp³-hybridized carbons (Fsp3) is 0.370. The summed E-state index contributed by atoms with van der Waals surface area (Å²) in [6, 6.07) is 13.1. The number of carbonyl (C=O) groups is 2. The maximum atomic E-state index is 13.6. The third kappa shape index (κ3) is 4.47. The van der Waals surface area contributed by atoms with Crippen molar-refractivity contribution in [1.29, 1.82) is 0 Å². The fourth-order valence-electron chi connectivity index (χ4n) is 4.97. The molecule has 34 heavy (non-hydrogen) atoms. The van der Waals surface area contributed by atoms with Gasteiger partial charge in [-0.1, -0.05) is 29.8 Å². The quantitative estimate of drug-likeness (QED) is 0.509. The van der Waals surface area contributed by atoms with Crippen LogP contribution in [0.15, 0.2) is 58.7 Å². The summed E-state index contributed by atoms with van der Waals surface area (Å²) in [7, 11) is 3.13. The molecule has 178 valence electrons. The number of esters is 1. The van der Waals surface area contributed by atoms with Gasteiger partial charge >= 0.3 is 5.97 Å². The van der Waals surface area contributed by atoms with Crippen LogP contribution in [-0.4, -0.2) is 38.3 Å². The molecule has 7 heteroatoms. The van der Waals surface area contributed by atoms with Crippen molar-refractivity contribution in [2.75, 3.05) is 20.8 Å². The number of hydrogen-bond donors (Lipinski definition) is 0. The van der Waals surface area contributed by atoms with Gasteiger partial charge in [-0.15, -0.1) is 0 Å². The number of hydrogen-bond acceptors (Lipinski definition) is 6. The number of carbonyl (C=O) groups excluding carboxylic acids is 2. The van der Waals surface area contributed by atoms with E-state index in [4.69, 9.17) is 30.8 Å². The van der Waals surface area contributed by atoms with Gasteiger partial charge in [-0.3, -0.25) is 14.6 Å². The molecule has 0 N–H and O–H groups in total. The van der Waals surface area contributed by atoms with Crippen molar-refractivity contribution in [3.8, 4) is 11.5 Å². The van der Waals surface area contributed by atoms with Gasteiger partial charge < -0.3 is 14.2 Å². The topological polar surface area (TPSA) is 74.2 Å². The second-order valence-corrected chi connectivity index (χ2v) is 8.95. The zero-order valence-electron chi connectivity index (χ0n) is 19.8. The monoisotopic (exact) mass is 481 g/mol. The lowest BCUT2D eigenvalue weighted by atomic mass is 9.69. The lowest BCUT2D eigenvalue weighted by Gasteiger charge is -2.36. The standard InChI is InChI=1S/C27H28ClNO5/c1-5-34-27(31)24-15(2)29-20-12-18(16-6-9-19(28)10-7-16)13-21(30)26(20)25(24)17-8-11-22(32-3)23(14-17)33-4/h6-11,14,18,24-25H,5,12-13H2,1-4H3/t18-,24?,25+/m1/s1. The maximum Gasteiger partial charge on any atom is 0.315 e. The first-order valence-electron chi connectivity index (χ1n) is 11.3. The second kappa shape index (κ2) is 10.0. The Kier molecular flexibility index (Phi) is 7.08. The van der Waals surface area contributed by atoms with Crippen LogP contribution in [0.25, 0.3) is 0 Å². The van der Waals surface area contributed by atoms with E-state index >= 15 is 0 Å². The number of Topliss-reactive ketones (excluding diaryl/α,β-unsaturated/α-hetero) is 1. The molecule has 2 aromatic carbocycles. The number of aliphatic imine (C=N–C) groups is 1. The first kappa shape index (κ1) is 24.0. The average Bonchev–Trinajstić information content (AvgIpc) is 2.83. The SMILES string of the molecule is CCOC(=O)C1C(C)=NC2=C(C(=O)C[C@H](c3ccc(Cl)cc3)C2)[C@H]1c1ccc(OC)c(OC)c1. The smallest absolute Gasteiger partial charge is 0.315 e. The third-order valence-corrected chi connectivity index (χ3v) is 6.79. The molecule has 2 aliphatic rings. The van der Waals surface area contributed by atoms with Gasteiger partial charge in [-0.2, -0.15) is 0 Å². The van der Waals surface area contributed by atoms with Gasteiger partial charge in [0.25, 0.3) is 0 Å². The van der Waals surface area contributed by atoms with Crippen LogP contribution >= 0.6 is 11.6 Å². The van der Waals surface area contributed by atoms with E-state index in [0.29, 0.717) is 40.6 Å². The van der Waals surface area contributed by atoms with E-state index in [1.165, 1.54) is 0 Å². The minimum atomic E-state index is -0.687. The van der Waals surface area contributed by atoms with Crippen molar-refractivity contribution < 1.29 is 23.8 Å². The second-order valence-electron chi connectivity index (χ2n) is 8.52. The molecule has 1 aliphatic carbocycles. The van der Waals surface area contributed by atoms with Gasteiger partial charge in [-0.05, 0) is 61.6 Å². The highest BCUT2D eigenvalue weighted by Gasteiger charge is 2.45. The Labute approximate surface area is 204 Å². The number of allylic oxidation sites excluding steroid dienone is 2. The highest BCUT2D eigenvalue weighted by Crippen LogP contribution is 2.48. The summed E-state index contributed by atoms with van der Waals surface area (Å²) < 4.78 is 16.3. The van der Waals surface area contributed by atoms with Crippen LogP contribution in [0.5, 0.6) is 11.5 Å². The summed E-state index contributed by atoms with van der Waals surface area (Å²) >= 11 is 6.05. The number of methoxy groups -OCH3 is 2. The zero-order chi connectivity index (χ0) is 24.4. The van der Waals surface area contributed by atoms with Gasteiger partial charge in [0, 0.05) is 34.3 Å². The van der Waals surface area contributed by atoms with E-state index < -0.39 is 11.8 Å². The Morgan fingerprint density at radius 1 is 1.03 bits per heavy atom. The molecule has 4 rings (SSSR count). The Balaban J connectivity index is 1.82. The van der Waals surface area contributed by atoms with Gasteiger partial charge in [0.1, 0.15) is 5.92 Å². The summed E-state index contributed by atoms with van der Waals surface area (Å²) in [4.78, 5) is 31.5. The Morgan fingerprint density at radius 2 is 1.71 bits per heavy atom. The summed E-state index contributed by atoms with van der Waals surface area (Å²) in [5.74, 6) is -0.475. The summed E-state index contributed by atoms with van der Waals surface area (Å²) in [6.45, 7) is 3.85. The first-order chi connectivity index (χ1) is 16.4. The van der Waals surface area contributed by atoms with Crippen LogP contribution in [0.2, 0.25) is 5.02 Å². The molecule has 0 radical (unpaired) electrons. The minimum Gasteiger partial charge on any atom is -0.493 e. The van der Waals surface area contributed by atoms with Crippen molar-refractivity contribution in [2.45, 2.75) is 38.5 Å². The molecule has 0 fully saturated rings. The number of ketones is 1. The molecule has 6 nitrogen and oxygen atoms in total. The number of benzene rings is 2. The predicted molar refractivity (Wildman–Crippen MR) is 131 cm³/mol. The van der Waals surface area contributed by atoms with Crippen molar-refractivity contribution in [2.24, 2.45) is 10.9 Å².